The van der Waals surface area contributed by atoms with Gasteiger partial charge in [-0.1, -0.05) is 0 Å². The van der Waals surface area contributed by atoms with Crippen molar-refractivity contribution in [3.63, 3.8) is 0 Å². The van der Waals surface area contributed by atoms with Crippen molar-refractivity contribution in [3.05, 3.63) is 28.4 Å². The molecule has 76 valence electrons. The molecule has 0 spiro atoms. The monoisotopic (exact) mass is 193 g/mol. The standard InChI is InChI=1S/C10H15N3O/c1-8-4-12-10(14)13(6-8)7-9-2-3-11-5-9/h4,6,9,11H,2-3,5,7H2,1H3. The minimum Gasteiger partial charge on any atom is -0.316 e. The molecule has 4 heteroatoms. The van der Waals surface area contributed by atoms with Gasteiger partial charge in [-0.3, -0.25) is 4.57 Å². The maximum absolute atomic E-state index is 11.4. The summed E-state index contributed by atoms with van der Waals surface area (Å²) >= 11 is 0. The van der Waals surface area contributed by atoms with Gasteiger partial charge in [0, 0.05) is 18.9 Å². The van der Waals surface area contributed by atoms with Crippen LogP contribution in [-0.2, 0) is 6.54 Å². The molecule has 0 bridgehead atoms. The number of hydrogen-bond acceptors (Lipinski definition) is 3. The van der Waals surface area contributed by atoms with Crippen molar-refractivity contribution in [2.24, 2.45) is 5.92 Å². The van der Waals surface area contributed by atoms with Gasteiger partial charge in [0.15, 0.2) is 0 Å². The Balaban J connectivity index is 2.15. The number of nitrogens with zero attached hydrogens (tertiary/aromatic N) is 2. The highest BCUT2D eigenvalue weighted by Gasteiger charge is 2.15. The molecule has 1 fully saturated rings. The van der Waals surface area contributed by atoms with E-state index >= 15 is 0 Å². The van der Waals surface area contributed by atoms with Crippen LogP contribution in [0.4, 0.5) is 0 Å². The molecular formula is C10H15N3O. The Kier molecular flexibility index (Phi) is 2.63. The molecule has 1 saturated heterocycles. The van der Waals surface area contributed by atoms with Gasteiger partial charge < -0.3 is 5.32 Å². The van der Waals surface area contributed by atoms with Crippen molar-refractivity contribution < 1.29 is 0 Å². The second kappa shape index (κ2) is 3.92. The highest BCUT2D eigenvalue weighted by Crippen LogP contribution is 2.09. The molecule has 1 aliphatic rings. The Morgan fingerprint density at radius 3 is 3.29 bits per heavy atom. The van der Waals surface area contributed by atoms with Crippen LogP contribution in [0, 0.1) is 12.8 Å². The van der Waals surface area contributed by atoms with Crippen LogP contribution in [-0.4, -0.2) is 22.6 Å². The molecule has 0 saturated carbocycles. The minimum atomic E-state index is -0.137. The van der Waals surface area contributed by atoms with Gasteiger partial charge in [-0.15, -0.1) is 0 Å². The number of aromatic nitrogens is 2. The van der Waals surface area contributed by atoms with Crippen molar-refractivity contribution in [1.29, 1.82) is 0 Å². The highest BCUT2D eigenvalue weighted by atomic mass is 16.1. The summed E-state index contributed by atoms with van der Waals surface area (Å²) in [5, 5.41) is 3.29. The summed E-state index contributed by atoms with van der Waals surface area (Å²) in [6.45, 7) is 4.83. The van der Waals surface area contributed by atoms with Crippen LogP contribution < -0.4 is 11.0 Å². The largest absolute Gasteiger partial charge is 0.347 e. The second-order valence-electron chi connectivity index (χ2n) is 3.93. The SMILES string of the molecule is Cc1cnc(=O)n(CC2CCNC2)c1. The third-order valence-electron chi connectivity index (χ3n) is 2.60. The third-order valence-corrected chi connectivity index (χ3v) is 2.60. The lowest BCUT2D eigenvalue weighted by molar-refractivity contribution is 0.465. The quantitative estimate of drug-likeness (QED) is 0.728. The molecule has 1 unspecified atom stereocenters. The second-order valence-corrected chi connectivity index (χ2v) is 3.93. The first kappa shape index (κ1) is 9.40. The Bertz CT molecular complexity index is 366. The van der Waals surface area contributed by atoms with Crippen LogP contribution >= 0.6 is 0 Å². The summed E-state index contributed by atoms with van der Waals surface area (Å²) in [5.41, 5.74) is 0.901. The van der Waals surface area contributed by atoms with Crippen molar-refractivity contribution in [3.8, 4) is 0 Å². The predicted molar refractivity (Wildman–Crippen MR) is 54.2 cm³/mol. The van der Waals surface area contributed by atoms with E-state index in [1.54, 1.807) is 10.8 Å². The van der Waals surface area contributed by atoms with E-state index in [-0.39, 0.29) is 5.69 Å². The first-order chi connectivity index (χ1) is 6.75. The zero-order valence-corrected chi connectivity index (χ0v) is 8.36. The highest BCUT2D eigenvalue weighted by molar-refractivity contribution is 4.99. The molecule has 1 aromatic rings. The first-order valence-corrected chi connectivity index (χ1v) is 4.99. The Morgan fingerprint density at radius 1 is 1.71 bits per heavy atom. The summed E-state index contributed by atoms with van der Waals surface area (Å²) in [6, 6.07) is 0. The molecular weight excluding hydrogens is 178 g/mol. The molecule has 0 aromatic carbocycles. The Hall–Kier alpha value is -1.16. The van der Waals surface area contributed by atoms with Crippen LogP contribution in [0.25, 0.3) is 0 Å². The van der Waals surface area contributed by atoms with Crippen LogP contribution in [0.2, 0.25) is 0 Å². The average molecular weight is 193 g/mol. The van der Waals surface area contributed by atoms with Crippen LogP contribution in [0.15, 0.2) is 17.2 Å². The van der Waals surface area contributed by atoms with Crippen molar-refractivity contribution in [2.75, 3.05) is 13.1 Å². The third kappa shape index (κ3) is 2.01. The summed E-state index contributed by atoms with van der Waals surface area (Å²) in [7, 11) is 0. The lowest BCUT2D eigenvalue weighted by atomic mass is 10.1. The topological polar surface area (TPSA) is 46.9 Å². The van der Waals surface area contributed by atoms with E-state index in [2.05, 4.69) is 10.3 Å². The van der Waals surface area contributed by atoms with Crippen LogP contribution in [0.5, 0.6) is 0 Å². The van der Waals surface area contributed by atoms with E-state index in [4.69, 9.17) is 0 Å². The number of aryl methyl sites for hydroxylation is 1. The van der Waals surface area contributed by atoms with Gasteiger partial charge in [0.2, 0.25) is 0 Å². The maximum atomic E-state index is 11.4. The predicted octanol–water partition coefficient (Wildman–Crippen LogP) is 0.161. The summed E-state index contributed by atoms with van der Waals surface area (Å²) in [5.74, 6) is 0.580. The number of rotatable bonds is 2. The molecule has 1 aliphatic heterocycles. The van der Waals surface area contributed by atoms with Crippen molar-refractivity contribution in [1.82, 2.24) is 14.9 Å². The average Bonchev–Trinajstić information content (AvgIpc) is 2.64. The van der Waals surface area contributed by atoms with Crippen molar-refractivity contribution >= 4 is 0 Å². The van der Waals surface area contributed by atoms with E-state index in [1.165, 1.54) is 0 Å². The molecule has 14 heavy (non-hydrogen) atoms. The van der Waals surface area contributed by atoms with E-state index in [0.717, 1.165) is 31.6 Å². The molecule has 1 N–H and O–H groups in total. The Labute approximate surface area is 83.0 Å². The van der Waals surface area contributed by atoms with Gasteiger partial charge in [-0.2, -0.15) is 0 Å². The molecule has 2 rings (SSSR count). The summed E-state index contributed by atoms with van der Waals surface area (Å²) in [6.07, 6.45) is 4.65. The molecule has 2 heterocycles. The molecule has 0 aliphatic carbocycles. The fourth-order valence-electron chi connectivity index (χ4n) is 1.84. The van der Waals surface area contributed by atoms with Crippen molar-refractivity contribution in [2.45, 2.75) is 19.9 Å². The van der Waals surface area contributed by atoms with Crippen LogP contribution in [0.1, 0.15) is 12.0 Å². The molecule has 4 nitrogen and oxygen atoms in total. The van der Waals surface area contributed by atoms with Gasteiger partial charge in [0.05, 0.1) is 0 Å². The van der Waals surface area contributed by atoms with E-state index < -0.39 is 0 Å². The Morgan fingerprint density at radius 2 is 2.57 bits per heavy atom. The molecule has 0 amide bonds. The van der Waals surface area contributed by atoms with Gasteiger partial charge in [-0.05, 0) is 37.9 Å². The lowest BCUT2D eigenvalue weighted by Crippen LogP contribution is -2.26. The number of hydrogen-bond donors (Lipinski definition) is 1. The number of nitrogens with one attached hydrogen (secondary N) is 1. The zero-order valence-electron chi connectivity index (χ0n) is 8.36. The lowest BCUT2D eigenvalue weighted by Gasteiger charge is -2.10. The minimum absolute atomic E-state index is 0.137. The molecule has 1 aromatic heterocycles. The molecule has 0 radical (unpaired) electrons. The van der Waals surface area contributed by atoms with Gasteiger partial charge in [0.1, 0.15) is 0 Å². The van der Waals surface area contributed by atoms with E-state index in [0.29, 0.717) is 5.92 Å². The zero-order chi connectivity index (χ0) is 9.97. The fourth-order valence-corrected chi connectivity index (χ4v) is 1.84. The van der Waals surface area contributed by atoms with E-state index in [1.807, 2.05) is 13.1 Å². The smallest absolute Gasteiger partial charge is 0.316 e. The van der Waals surface area contributed by atoms with Gasteiger partial charge in [-0.25, -0.2) is 9.78 Å². The first-order valence-electron chi connectivity index (χ1n) is 4.99. The fraction of sp³-hybridized carbons (Fsp3) is 0.600. The summed E-state index contributed by atoms with van der Waals surface area (Å²) in [4.78, 5) is 15.2. The molecule has 1 atom stereocenters. The maximum Gasteiger partial charge on any atom is 0.347 e. The van der Waals surface area contributed by atoms with Gasteiger partial charge in [0.25, 0.3) is 0 Å². The van der Waals surface area contributed by atoms with Crippen LogP contribution in [0.3, 0.4) is 0 Å². The van der Waals surface area contributed by atoms with E-state index in [9.17, 15) is 4.79 Å². The normalized spacial score (nSPS) is 21.4. The summed E-state index contributed by atoms with van der Waals surface area (Å²) < 4.78 is 1.72. The van der Waals surface area contributed by atoms with Gasteiger partial charge >= 0.3 is 5.69 Å².